The average molecular weight is 227 g/mol. The fourth-order valence-corrected chi connectivity index (χ4v) is 2.30. The zero-order valence-electron chi connectivity index (χ0n) is 10.1. The Morgan fingerprint density at radius 3 is 2.53 bits per heavy atom. The Kier molecular flexibility index (Phi) is 3.53. The molecule has 1 rings (SSSR count). The first-order valence-electron chi connectivity index (χ1n) is 5.20. The lowest BCUT2D eigenvalue weighted by molar-refractivity contribution is 0.174. The smallest absolute Gasteiger partial charge is 0.116 e. The molecule has 2 unspecified atom stereocenters. The first-order valence-corrected chi connectivity index (χ1v) is 5.58. The van der Waals surface area contributed by atoms with Crippen LogP contribution in [0.5, 0.6) is 0 Å². The maximum atomic E-state index is 6.48. The maximum Gasteiger partial charge on any atom is 0.116 e. The Bertz CT molecular complexity index is 328. The number of hydrogen-bond acceptors (Lipinski definition) is 1. The third kappa shape index (κ3) is 2.22. The van der Waals surface area contributed by atoms with Crippen LogP contribution in [0.2, 0.25) is 0 Å². The molecule has 0 aromatic carbocycles. The summed E-state index contributed by atoms with van der Waals surface area (Å²) in [5, 5.41) is 0. The summed E-state index contributed by atoms with van der Waals surface area (Å²) in [6, 6.07) is 0. The summed E-state index contributed by atoms with van der Waals surface area (Å²) in [5.41, 5.74) is 1.25. The Morgan fingerprint density at radius 1 is 1.47 bits per heavy atom. The van der Waals surface area contributed by atoms with Gasteiger partial charge >= 0.3 is 0 Å². The van der Waals surface area contributed by atoms with Crippen molar-refractivity contribution < 1.29 is 4.74 Å². The second kappa shape index (κ2) is 4.20. The van der Waals surface area contributed by atoms with E-state index in [9.17, 15) is 0 Å². The fourth-order valence-electron chi connectivity index (χ4n) is 1.84. The molecule has 1 saturated carbocycles. The van der Waals surface area contributed by atoms with Crippen molar-refractivity contribution in [3.8, 4) is 11.8 Å². The molecule has 0 aromatic heterocycles. The van der Waals surface area contributed by atoms with E-state index in [1.54, 1.807) is 7.11 Å². The zero-order valence-corrected chi connectivity index (χ0v) is 10.9. The van der Waals surface area contributed by atoms with Gasteiger partial charge in [0.25, 0.3) is 0 Å². The van der Waals surface area contributed by atoms with E-state index < -0.39 is 4.87 Å². The number of methoxy groups -OCH3 is 1. The molecule has 15 heavy (non-hydrogen) atoms. The third-order valence-corrected chi connectivity index (χ3v) is 4.00. The number of halogens is 1. The molecule has 2 atom stereocenters. The highest BCUT2D eigenvalue weighted by Crippen LogP contribution is 2.65. The molecule has 0 aliphatic heterocycles. The summed E-state index contributed by atoms with van der Waals surface area (Å²) in [6.07, 6.45) is 1.91. The summed E-state index contributed by atoms with van der Waals surface area (Å²) in [6.45, 7) is 9.02. The SMILES string of the molecule is COCC1C(C)(C)C1(Cl)C#CC=C(C)C. The Labute approximate surface area is 97.8 Å². The van der Waals surface area contributed by atoms with Crippen molar-refractivity contribution in [3.63, 3.8) is 0 Å². The fraction of sp³-hybridized carbons (Fsp3) is 0.692. The highest BCUT2D eigenvalue weighted by atomic mass is 35.5. The van der Waals surface area contributed by atoms with E-state index in [0.717, 1.165) is 0 Å². The molecule has 2 heteroatoms. The van der Waals surface area contributed by atoms with Crippen LogP contribution < -0.4 is 0 Å². The van der Waals surface area contributed by atoms with Gasteiger partial charge < -0.3 is 4.74 Å². The number of alkyl halides is 1. The normalized spacial score (nSPS) is 31.5. The minimum Gasteiger partial charge on any atom is -0.384 e. The van der Waals surface area contributed by atoms with Crippen LogP contribution in [0.3, 0.4) is 0 Å². The van der Waals surface area contributed by atoms with Crippen molar-refractivity contribution >= 4 is 11.6 Å². The highest BCUT2D eigenvalue weighted by molar-refractivity contribution is 6.29. The first kappa shape index (κ1) is 12.6. The molecule has 0 N–H and O–H groups in total. The van der Waals surface area contributed by atoms with Gasteiger partial charge in [0, 0.05) is 18.4 Å². The molecule has 0 spiro atoms. The molecule has 0 radical (unpaired) electrons. The second-order valence-corrected chi connectivity index (χ2v) is 5.53. The quantitative estimate of drug-likeness (QED) is 0.519. The molecule has 1 aliphatic rings. The molecule has 1 nitrogen and oxygen atoms in total. The van der Waals surface area contributed by atoms with E-state index in [1.807, 2.05) is 19.9 Å². The molecule has 1 aliphatic carbocycles. The maximum absolute atomic E-state index is 6.48. The lowest BCUT2D eigenvalue weighted by Gasteiger charge is -2.01. The standard InChI is InChI=1S/C13H19ClO/c1-10(2)7-6-8-13(14)11(9-15-5)12(13,3)4/h7,11H,9H2,1-5H3. The number of ether oxygens (including phenoxy) is 1. The molecule has 1 fully saturated rings. The molecule has 84 valence electrons. The van der Waals surface area contributed by atoms with Crippen LogP contribution in [0, 0.1) is 23.2 Å². The molecule has 0 amide bonds. The van der Waals surface area contributed by atoms with Gasteiger partial charge in [0.15, 0.2) is 0 Å². The van der Waals surface area contributed by atoms with Gasteiger partial charge in [-0.3, -0.25) is 0 Å². The van der Waals surface area contributed by atoms with Gasteiger partial charge in [-0.25, -0.2) is 0 Å². The lowest BCUT2D eigenvalue weighted by atomic mass is 10.1. The summed E-state index contributed by atoms with van der Waals surface area (Å²) in [5.74, 6) is 6.51. The van der Waals surface area contributed by atoms with Crippen molar-refractivity contribution in [2.45, 2.75) is 32.6 Å². The van der Waals surface area contributed by atoms with Crippen LogP contribution in [0.15, 0.2) is 11.6 Å². The van der Waals surface area contributed by atoms with E-state index in [2.05, 4.69) is 25.7 Å². The molecule has 0 saturated heterocycles. The summed E-state index contributed by atoms with van der Waals surface area (Å²) >= 11 is 6.48. The monoisotopic (exact) mass is 226 g/mol. The van der Waals surface area contributed by atoms with Gasteiger partial charge in [0.1, 0.15) is 4.87 Å². The largest absolute Gasteiger partial charge is 0.384 e. The van der Waals surface area contributed by atoms with Crippen LogP contribution >= 0.6 is 11.6 Å². The minimum atomic E-state index is -0.408. The Balaban J connectivity index is 2.77. The topological polar surface area (TPSA) is 9.23 Å². The number of hydrogen-bond donors (Lipinski definition) is 0. The van der Waals surface area contributed by atoms with E-state index in [4.69, 9.17) is 16.3 Å². The molecular weight excluding hydrogens is 208 g/mol. The van der Waals surface area contributed by atoms with Gasteiger partial charge in [0.05, 0.1) is 6.61 Å². The zero-order chi connectivity index (χ0) is 11.7. The summed E-state index contributed by atoms with van der Waals surface area (Å²) in [7, 11) is 1.70. The summed E-state index contributed by atoms with van der Waals surface area (Å²) < 4.78 is 5.16. The number of rotatable bonds is 2. The van der Waals surface area contributed by atoms with Crippen LogP contribution in [-0.2, 0) is 4.74 Å². The van der Waals surface area contributed by atoms with Crippen molar-refractivity contribution in [2.75, 3.05) is 13.7 Å². The first-order chi connectivity index (χ1) is 6.86. The van der Waals surface area contributed by atoms with E-state index in [-0.39, 0.29) is 5.41 Å². The van der Waals surface area contributed by atoms with Crippen molar-refractivity contribution in [1.29, 1.82) is 0 Å². The van der Waals surface area contributed by atoms with Crippen molar-refractivity contribution in [2.24, 2.45) is 11.3 Å². The van der Waals surface area contributed by atoms with Gasteiger partial charge in [-0.1, -0.05) is 31.3 Å². The van der Waals surface area contributed by atoms with Gasteiger partial charge in [-0.2, -0.15) is 0 Å². The molecule has 0 heterocycles. The number of allylic oxidation sites excluding steroid dienone is 2. The second-order valence-electron chi connectivity index (χ2n) is 4.93. The van der Waals surface area contributed by atoms with Crippen molar-refractivity contribution in [3.05, 3.63) is 11.6 Å². The van der Waals surface area contributed by atoms with E-state index >= 15 is 0 Å². The van der Waals surface area contributed by atoms with Crippen LogP contribution in [-0.4, -0.2) is 18.6 Å². The lowest BCUT2D eigenvalue weighted by Crippen LogP contribution is -2.05. The molecule has 0 bridgehead atoms. The van der Waals surface area contributed by atoms with Crippen LogP contribution in [0.4, 0.5) is 0 Å². The predicted octanol–water partition coefficient (Wildman–Crippen LogP) is 3.24. The Hall–Kier alpha value is -0.450. The molecule has 0 aromatic rings. The van der Waals surface area contributed by atoms with Crippen LogP contribution in [0.1, 0.15) is 27.7 Å². The highest BCUT2D eigenvalue weighted by Gasteiger charge is 2.70. The van der Waals surface area contributed by atoms with E-state index in [0.29, 0.717) is 12.5 Å². The average Bonchev–Trinajstić information content (AvgIpc) is 2.50. The van der Waals surface area contributed by atoms with Gasteiger partial charge in [-0.05, 0) is 19.9 Å². The predicted molar refractivity (Wildman–Crippen MR) is 64.9 cm³/mol. The van der Waals surface area contributed by atoms with Gasteiger partial charge in [-0.15, -0.1) is 11.6 Å². The Morgan fingerprint density at radius 2 is 2.07 bits per heavy atom. The van der Waals surface area contributed by atoms with Gasteiger partial charge in [0.2, 0.25) is 0 Å². The minimum absolute atomic E-state index is 0.0487. The third-order valence-electron chi connectivity index (χ3n) is 3.15. The van der Waals surface area contributed by atoms with Crippen molar-refractivity contribution in [1.82, 2.24) is 0 Å². The van der Waals surface area contributed by atoms with E-state index in [1.165, 1.54) is 5.57 Å². The molecular formula is C13H19ClO. The summed E-state index contributed by atoms with van der Waals surface area (Å²) in [4.78, 5) is -0.408. The van der Waals surface area contributed by atoms with Crippen LogP contribution in [0.25, 0.3) is 0 Å².